The summed E-state index contributed by atoms with van der Waals surface area (Å²) in [6.07, 6.45) is 2.40. The Hall–Kier alpha value is -0.120. The van der Waals surface area contributed by atoms with Gasteiger partial charge in [0.1, 0.15) is 0 Å². The summed E-state index contributed by atoms with van der Waals surface area (Å²) in [5.74, 6) is 0.684. The van der Waals surface area contributed by atoms with Crippen LogP contribution in [-0.4, -0.2) is 37.0 Å². The van der Waals surface area contributed by atoms with Gasteiger partial charge in [-0.3, -0.25) is 0 Å². The molecule has 0 aromatic carbocycles. The van der Waals surface area contributed by atoms with Crippen LogP contribution in [0.1, 0.15) is 26.7 Å². The van der Waals surface area contributed by atoms with Crippen LogP contribution in [0, 0.1) is 5.92 Å². The lowest BCUT2D eigenvalue weighted by molar-refractivity contribution is -0.0328. The second kappa shape index (κ2) is 4.94. The molecule has 1 aliphatic heterocycles. The molecule has 0 bridgehead atoms. The predicted octanol–water partition coefficient (Wildman–Crippen LogP) is 0.773. The molecule has 1 aliphatic rings. The SMILES string of the molecule is CC(C)(O)COCC1CCNCC1. The van der Waals surface area contributed by atoms with Gasteiger partial charge in [-0.2, -0.15) is 0 Å². The number of hydrogen-bond acceptors (Lipinski definition) is 3. The van der Waals surface area contributed by atoms with E-state index in [9.17, 15) is 5.11 Å². The van der Waals surface area contributed by atoms with Crippen molar-refractivity contribution in [1.29, 1.82) is 0 Å². The molecule has 1 heterocycles. The van der Waals surface area contributed by atoms with E-state index in [0.29, 0.717) is 12.5 Å². The minimum atomic E-state index is -0.688. The third-order valence-corrected chi connectivity index (χ3v) is 2.27. The van der Waals surface area contributed by atoms with E-state index in [0.717, 1.165) is 19.7 Å². The molecule has 0 amide bonds. The minimum absolute atomic E-state index is 0.441. The fraction of sp³-hybridized carbons (Fsp3) is 1.00. The van der Waals surface area contributed by atoms with Crippen LogP contribution in [0.25, 0.3) is 0 Å². The van der Waals surface area contributed by atoms with E-state index in [2.05, 4.69) is 5.32 Å². The van der Waals surface area contributed by atoms with Gasteiger partial charge in [-0.25, -0.2) is 0 Å². The number of ether oxygens (including phenoxy) is 1. The smallest absolute Gasteiger partial charge is 0.0824 e. The average molecular weight is 187 g/mol. The van der Waals surface area contributed by atoms with Gasteiger partial charge < -0.3 is 15.2 Å². The van der Waals surface area contributed by atoms with Crippen LogP contribution in [0.2, 0.25) is 0 Å². The van der Waals surface area contributed by atoms with Crippen LogP contribution < -0.4 is 5.32 Å². The summed E-state index contributed by atoms with van der Waals surface area (Å²) in [6.45, 7) is 7.00. The van der Waals surface area contributed by atoms with Crippen LogP contribution in [0.15, 0.2) is 0 Å². The molecule has 3 heteroatoms. The standard InChI is InChI=1S/C10H21NO2/c1-10(2,12)8-13-7-9-3-5-11-6-4-9/h9,11-12H,3-8H2,1-2H3. The Morgan fingerprint density at radius 1 is 1.38 bits per heavy atom. The quantitative estimate of drug-likeness (QED) is 0.683. The van der Waals surface area contributed by atoms with E-state index < -0.39 is 5.60 Å². The zero-order valence-corrected chi connectivity index (χ0v) is 8.68. The highest BCUT2D eigenvalue weighted by Crippen LogP contribution is 2.12. The zero-order chi connectivity index (χ0) is 9.73. The molecule has 0 aliphatic carbocycles. The number of aliphatic hydroxyl groups is 1. The highest BCUT2D eigenvalue weighted by molar-refractivity contribution is 4.69. The van der Waals surface area contributed by atoms with Crippen molar-refractivity contribution in [3.8, 4) is 0 Å². The summed E-state index contributed by atoms with van der Waals surface area (Å²) in [5.41, 5.74) is -0.688. The molecule has 1 fully saturated rings. The van der Waals surface area contributed by atoms with E-state index in [1.807, 2.05) is 0 Å². The highest BCUT2D eigenvalue weighted by Gasteiger charge is 2.16. The molecule has 13 heavy (non-hydrogen) atoms. The second-order valence-corrected chi connectivity index (χ2v) is 4.52. The molecule has 3 nitrogen and oxygen atoms in total. The van der Waals surface area contributed by atoms with E-state index in [4.69, 9.17) is 4.74 Å². The van der Waals surface area contributed by atoms with Crippen molar-refractivity contribution in [2.45, 2.75) is 32.3 Å². The second-order valence-electron chi connectivity index (χ2n) is 4.52. The summed E-state index contributed by atoms with van der Waals surface area (Å²) < 4.78 is 5.46. The van der Waals surface area contributed by atoms with Gasteiger partial charge in [0.15, 0.2) is 0 Å². The van der Waals surface area contributed by atoms with Crippen LogP contribution in [0.4, 0.5) is 0 Å². The maximum Gasteiger partial charge on any atom is 0.0824 e. The summed E-state index contributed by atoms with van der Waals surface area (Å²) in [6, 6.07) is 0. The molecule has 78 valence electrons. The zero-order valence-electron chi connectivity index (χ0n) is 8.68. The van der Waals surface area contributed by atoms with Crippen molar-refractivity contribution in [2.24, 2.45) is 5.92 Å². The molecule has 2 N–H and O–H groups in total. The third kappa shape index (κ3) is 5.24. The lowest BCUT2D eigenvalue weighted by Crippen LogP contribution is -2.32. The molecule has 0 aromatic heterocycles. The molecule has 0 spiro atoms. The molecular weight excluding hydrogens is 166 g/mol. The normalized spacial score (nSPS) is 20.5. The maximum atomic E-state index is 9.41. The molecule has 1 rings (SSSR count). The first-order valence-corrected chi connectivity index (χ1v) is 5.09. The number of piperidine rings is 1. The molecule has 0 radical (unpaired) electrons. The summed E-state index contributed by atoms with van der Waals surface area (Å²) in [5, 5.41) is 12.7. The molecule has 0 saturated carbocycles. The van der Waals surface area contributed by atoms with E-state index >= 15 is 0 Å². The van der Waals surface area contributed by atoms with Crippen LogP contribution in [0.3, 0.4) is 0 Å². The summed E-state index contributed by atoms with van der Waals surface area (Å²) in [4.78, 5) is 0. The van der Waals surface area contributed by atoms with E-state index in [-0.39, 0.29) is 0 Å². The van der Waals surface area contributed by atoms with Crippen molar-refractivity contribution in [2.75, 3.05) is 26.3 Å². The van der Waals surface area contributed by atoms with Crippen molar-refractivity contribution in [3.05, 3.63) is 0 Å². The minimum Gasteiger partial charge on any atom is -0.388 e. The van der Waals surface area contributed by atoms with Gasteiger partial charge in [0.25, 0.3) is 0 Å². The first-order chi connectivity index (χ1) is 6.08. The Balaban J connectivity index is 2.04. The van der Waals surface area contributed by atoms with Gasteiger partial charge in [-0.15, -0.1) is 0 Å². The van der Waals surface area contributed by atoms with Gasteiger partial charge in [0.05, 0.1) is 12.2 Å². The van der Waals surface area contributed by atoms with Crippen LogP contribution in [0.5, 0.6) is 0 Å². The van der Waals surface area contributed by atoms with Gasteiger partial charge in [-0.05, 0) is 45.7 Å². The molecule has 0 unspecified atom stereocenters. The Bertz CT molecular complexity index is 136. The van der Waals surface area contributed by atoms with Gasteiger partial charge in [0, 0.05) is 6.61 Å². The Morgan fingerprint density at radius 3 is 2.54 bits per heavy atom. The molecule has 1 saturated heterocycles. The lowest BCUT2D eigenvalue weighted by Gasteiger charge is -2.24. The topological polar surface area (TPSA) is 41.5 Å². The van der Waals surface area contributed by atoms with Gasteiger partial charge in [0.2, 0.25) is 0 Å². The lowest BCUT2D eigenvalue weighted by atomic mass is 9.99. The van der Waals surface area contributed by atoms with Crippen molar-refractivity contribution >= 4 is 0 Å². The fourth-order valence-electron chi connectivity index (χ4n) is 1.52. The van der Waals surface area contributed by atoms with E-state index in [1.54, 1.807) is 13.8 Å². The van der Waals surface area contributed by atoms with Gasteiger partial charge >= 0.3 is 0 Å². The van der Waals surface area contributed by atoms with Crippen molar-refractivity contribution < 1.29 is 9.84 Å². The Kier molecular flexibility index (Phi) is 4.16. The van der Waals surface area contributed by atoms with Crippen molar-refractivity contribution in [1.82, 2.24) is 5.32 Å². The molecular formula is C10H21NO2. The first kappa shape index (κ1) is 11.0. The summed E-state index contributed by atoms with van der Waals surface area (Å²) in [7, 11) is 0. The van der Waals surface area contributed by atoms with Gasteiger partial charge in [-0.1, -0.05) is 0 Å². The first-order valence-electron chi connectivity index (χ1n) is 5.09. The van der Waals surface area contributed by atoms with E-state index in [1.165, 1.54) is 12.8 Å². The summed E-state index contributed by atoms with van der Waals surface area (Å²) >= 11 is 0. The van der Waals surface area contributed by atoms with Crippen molar-refractivity contribution in [3.63, 3.8) is 0 Å². The highest BCUT2D eigenvalue weighted by atomic mass is 16.5. The Morgan fingerprint density at radius 2 is 2.00 bits per heavy atom. The number of hydrogen-bond donors (Lipinski definition) is 2. The number of nitrogens with one attached hydrogen (secondary N) is 1. The van der Waals surface area contributed by atoms with Crippen LogP contribution >= 0.6 is 0 Å². The number of rotatable bonds is 4. The fourth-order valence-corrected chi connectivity index (χ4v) is 1.52. The predicted molar refractivity (Wildman–Crippen MR) is 52.7 cm³/mol. The van der Waals surface area contributed by atoms with Crippen LogP contribution in [-0.2, 0) is 4.74 Å². The maximum absolute atomic E-state index is 9.41. The monoisotopic (exact) mass is 187 g/mol. The third-order valence-electron chi connectivity index (χ3n) is 2.27. The molecule has 0 atom stereocenters. The molecule has 0 aromatic rings. The Labute approximate surface area is 80.5 Å². The average Bonchev–Trinajstić information content (AvgIpc) is 2.04. The largest absolute Gasteiger partial charge is 0.388 e.